The zero-order chi connectivity index (χ0) is 12.7. The highest BCUT2D eigenvalue weighted by Gasteiger charge is 2.40. The van der Waals surface area contributed by atoms with E-state index in [1.54, 1.807) is 4.57 Å². The molecule has 98 valence electrons. The summed E-state index contributed by atoms with van der Waals surface area (Å²) in [5, 5.41) is 3.21. The van der Waals surface area contributed by atoms with Crippen LogP contribution in [0.25, 0.3) is 0 Å². The minimum absolute atomic E-state index is 0.00806. The van der Waals surface area contributed by atoms with Gasteiger partial charge in [0, 0.05) is 24.5 Å². The molecule has 4 heteroatoms. The molecule has 0 aromatic carbocycles. The summed E-state index contributed by atoms with van der Waals surface area (Å²) in [5.41, 5.74) is 1.12. The van der Waals surface area contributed by atoms with E-state index < -0.39 is 0 Å². The van der Waals surface area contributed by atoms with E-state index in [1.807, 2.05) is 25.4 Å². The Morgan fingerprint density at radius 1 is 1.39 bits per heavy atom. The summed E-state index contributed by atoms with van der Waals surface area (Å²) in [5.74, 6) is 0.658. The number of aryl methyl sites for hydroxylation is 1. The number of piperidine rings is 3. The third-order valence-corrected chi connectivity index (χ3v) is 4.54. The number of nitrogens with one attached hydrogen (secondary N) is 1. The van der Waals surface area contributed by atoms with Crippen molar-refractivity contribution in [3.05, 3.63) is 24.0 Å². The van der Waals surface area contributed by atoms with Gasteiger partial charge in [-0.3, -0.25) is 9.47 Å². The first-order chi connectivity index (χ1) is 8.65. The topological polar surface area (TPSA) is 37.3 Å². The van der Waals surface area contributed by atoms with Gasteiger partial charge in [-0.05, 0) is 57.3 Å². The molecule has 1 aromatic heterocycles. The Morgan fingerprint density at radius 2 is 2.11 bits per heavy atom. The van der Waals surface area contributed by atoms with E-state index in [1.165, 1.54) is 25.9 Å². The first-order valence-electron chi connectivity index (χ1n) is 6.84. The molecule has 2 bridgehead atoms. The van der Waals surface area contributed by atoms with Crippen molar-refractivity contribution >= 4 is 6.03 Å². The van der Waals surface area contributed by atoms with Crippen molar-refractivity contribution in [1.29, 1.82) is 0 Å². The van der Waals surface area contributed by atoms with E-state index in [4.69, 9.17) is 0 Å². The second-order valence-electron chi connectivity index (χ2n) is 5.69. The number of nitrogens with zero attached hydrogens (tertiary/aromatic N) is 2. The zero-order valence-corrected chi connectivity index (χ0v) is 11.1. The number of hydrogen-bond donors (Lipinski definition) is 1. The molecule has 2 atom stereocenters. The quantitative estimate of drug-likeness (QED) is 0.822. The van der Waals surface area contributed by atoms with E-state index in [0.29, 0.717) is 18.0 Å². The number of amides is 1. The molecular weight excluding hydrogens is 226 g/mol. The Morgan fingerprint density at radius 3 is 2.67 bits per heavy atom. The van der Waals surface area contributed by atoms with Gasteiger partial charge in [0.2, 0.25) is 0 Å². The fraction of sp³-hybridized carbons (Fsp3) is 0.643. The Balaban J connectivity index is 1.71. The van der Waals surface area contributed by atoms with Gasteiger partial charge < -0.3 is 5.32 Å². The van der Waals surface area contributed by atoms with Crippen LogP contribution in [0.2, 0.25) is 0 Å². The molecule has 1 N–H and O–H groups in total. The van der Waals surface area contributed by atoms with Crippen molar-refractivity contribution in [2.75, 3.05) is 13.1 Å². The second kappa shape index (κ2) is 4.43. The highest BCUT2D eigenvalue weighted by molar-refractivity contribution is 5.77. The summed E-state index contributed by atoms with van der Waals surface area (Å²) in [6, 6.07) is 2.74. The lowest BCUT2D eigenvalue weighted by molar-refractivity contribution is 0.0267. The SMILES string of the molecule is Cc1ccn(C(=O)N[C@@H]2C3CCN(CC3)[C@H]2C)c1. The van der Waals surface area contributed by atoms with Crippen LogP contribution in [0.4, 0.5) is 4.79 Å². The Labute approximate surface area is 108 Å². The van der Waals surface area contributed by atoms with E-state index in [2.05, 4.69) is 17.1 Å². The molecule has 4 rings (SSSR count). The Kier molecular flexibility index (Phi) is 2.90. The summed E-state index contributed by atoms with van der Waals surface area (Å²) in [7, 11) is 0. The van der Waals surface area contributed by atoms with Crippen LogP contribution in [0, 0.1) is 12.8 Å². The van der Waals surface area contributed by atoms with Crippen molar-refractivity contribution in [2.24, 2.45) is 5.92 Å². The molecular formula is C14H21N3O. The molecule has 4 nitrogen and oxygen atoms in total. The third-order valence-electron chi connectivity index (χ3n) is 4.54. The van der Waals surface area contributed by atoms with Gasteiger partial charge in [0.05, 0.1) is 0 Å². The van der Waals surface area contributed by atoms with Crippen molar-refractivity contribution in [1.82, 2.24) is 14.8 Å². The predicted molar refractivity (Wildman–Crippen MR) is 70.6 cm³/mol. The molecule has 0 saturated carbocycles. The highest BCUT2D eigenvalue weighted by atomic mass is 16.2. The van der Waals surface area contributed by atoms with Crippen molar-refractivity contribution in [3.8, 4) is 0 Å². The lowest BCUT2D eigenvalue weighted by atomic mass is 9.79. The lowest BCUT2D eigenvalue weighted by Gasteiger charge is -2.49. The van der Waals surface area contributed by atoms with E-state index in [-0.39, 0.29) is 6.03 Å². The summed E-state index contributed by atoms with van der Waals surface area (Å²) in [6.45, 7) is 6.62. The number of carbonyl (C=O) groups excluding carboxylic acids is 1. The van der Waals surface area contributed by atoms with Crippen LogP contribution in [0.1, 0.15) is 25.3 Å². The van der Waals surface area contributed by atoms with Gasteiger partial charge in [0.15, 0.2) is 0 Å². The first-order valence-corrected chi connectivity index (χ1v) is 6.84. The maximum Gasteiger partial charge on any atom is 0.325 e. The number of rotatable bonds is 1. The minimum Gasteiger partial charge on any atom is -0.333 e. The van der Waals surface area contributed by atoms with Gasteiger partial charge in [-0.25, -0.2) is 4.79 Å². The monoisotopic (exact) mass is 247 g/mol. The van der Waals surface area contributed by atoms with Crippen molar-refractivity contribution < 1.29 is 4.79 Å². The molecule has 0 radical (unpaired) electrons. The smallest absolute Gasteiger partial charge is 0.325 e. The van der Waals surface area contributed by atoms with Crippen LogP contribution in [0.3, 0.4) is 0 Å². The van der Waals surface area contributed by atoms with Gasteiger partial charge >= 0.3 is 6.03 Å². The van der Waals surface area contributed by atoms with Gasteiger partial charge in [-0.2, -0.15) is 0 Å². The average Bonchev–Trinajstić information content (AvgIpc) is 2.81. The molecule has 0 aliphatic carbocycles. The second-order valence-corrected chi connectivity index (χ2v) is 5.69. The predicted octanol–water partition coefficient (Wildman–Crippen LogP) is 1.84. The highest BCUT2D eigenvalue weighted by Crippen LogP contribution is 2.32. The lowest BCUT2D eigenvalue weighted by Crippen LogP contribution is -2.62. The Hall–Kier alpha value is -1.29. The molecule has 1 amide bonds. The summed E-state index contributed by atoms with van der Waals surface area (Å²) in [6.07, 6.45) is 6.15. The van der Waals surface area contributed by atoms with E-state index in [9.17, 15) is 4.79 Å². The van der Waals surface area contributed by atoms with Crippen LogP contribution in [-0.4, -0.2) is 40.7 Å². The number of hydrogen-bond acceptors (Lipinski definition) is 2. The summed E-state index contributed by atoms with van der Waals surface area (Å²) >= 11 is 0. The normalized spacial score (nSPS) is 34.6. The van der Waals surface area contributed by atoms with E-state index in [0.717, 1.165) is 5.56 Å². The standard InChI is InChI=1S/C14H21N3O/c1-10-3-6-17(9-10)14(18)15-13-11(2)16-7-4-12(13)5-8-16/h3,6,9,11-13H,4-5,7-8H2,1-2H3,(H,15,18)/t11-,13-/m0/s1. The molecule has 1 aromatic rings. The van der Waals surface area contributed by atoms with Crippen molar-refractivity contribution in [3.63, 3.8) is 0 Å². The minimum atomic E-state index is 0.00806. The fourth-order valence-electron chi connectivity index (χ4n) is 3.39. The maximum atomic E-state index is 12.2. The van der Waals surface area contributed by atoms with Crippen molar-refractivity contribution in [2.45, 2.75) is 38.8 Å². The number of aromatic nitrogens is 1. The van der Waals surface area contributed by atoms with Gasteiger partial charge in [0.1, 0.15) is 0 Å². The summed E-state index contributed by atoms with van der Waals surface area (Å²) < 4.78 is 1.65. The molecule has 3 aliphatic heterocycles. The number of carbonyl (C=O) groups is 1. The molecule has 3 saturated heterocycles. The third kappa shape index (κ3) is 1.94. The molecule has 3 aliphatic rings. The first kappa shape index (κ1) is 11.8. The maximum absolute atomic E-state index is 12.2. The van der Waals surface area contributed by atoms with Crippen LogP contribution < -0.4 is 5.32 Å². The fourth-order valence-corrected chi connectivity index (χ4v) is 3.39. The van der Waals surface area contributed by atoms with Crippen LogP contribution in [0.5, 0.6) is 0 Å². The van der Waals surface area contributed by atoms with Gasteiger partial charge in [0.25, 0.3) is 0 Å². The van der Waals surface area contributed by atoms with Gasteiger partial charge in [-0.15, -0.1) is 0 Å². The molecule has 3 fully saturated rings. The molecule has 4 heterocycles. The molecule has 0 unspecified atom stereocenters. The summed E-state index contributed by atoms with van der Waals surface area (Å²) in [4.78, 5) is 14.7. The number of fused-ring (bicyclic) bond motifs is 3. The zero-order valence-electron chi connectivity index (χ0n) is 11.1. The largest absolute Gasteiger partial charge is 0.333 e. The van der Waals surface area contributed by atoms with Gasteiger partial charge in [-0.1, -0.05) is 0 Å². The molecule has 18 heavy (non-hydrogen) atoms. The van der Waals surface area contributed by atoms with E-state index >= 15 is 0 Å². The molecule has 0 spiro atoms. The Bertz CT molecular complexity index is 444. The van der Waals surface area contributed by atoms with Crippen LogP contribution in [0.15, 0.2) is 18.5 Å². The van der Waals surface area contributed by atoms with Crippen LogP contribution in [-0.2, 0) is 0 Å². The van der Waals surface area contributed by atoms with Crippen LogP contribution >= 0.6 is 0 Å². The average molecular weight is 247 g/mol.